The summed E-state index contributed by atoms with van der Waals surface area (Å²) < 4.78 is 5.53. The fraction of sp³-hybridized carbons (Fsp3) is 0.286. The third-order valence-corrected chi connectivity index (χ3v) is 3.43. The molecule has 3 unspecified atom stereocenters. The zero-order valence-electron chi connectivity index (χ0n) is 9.69. The van der Waals surface area contributed by atoms with E-state index in [0.717, 1.165) is 11.3 Å². The number of carbonyl (C=O) groups is 1. The molecule has 92 valence electrons. The molecule has 0 bridgehead atoms. The van der Waals surface area contributed by atoms with Crippen LogP contribution in [0.3, 0.4) is 0 Å². The maximum absolute atomic E-state index is 11.0. The SMILES string of the molecule is O=C(O)C1C=NC2c3ccccc3OC=CC2C1. The highest BCUT2D eigenvalue weighted by Crippen LogP contribution is 2.40. The number of nitrogens with zero attached hydrogens (tertiary/aromatic N) is 1. The first-order valence-electron chi connectivity index (χ1n) is 5.94. The summed E-state index contributed by atoms with van der Waals surface area (Å²) in [5.74, 6) is -0.433. The first kappa shape index (κ1) is 11.0. The van der Waals surface area contributed by atoms with Gasteiger partial charge in [0.2, 0.25) is 0 Å². The highest BCUT2D eigenvalue weighted by Gasteiger charge is 2.33. The molecule has 3 rings (SSSR count). The van der Waals surface area contributed by atoms with Crippen molar-refractivity contribution in [1.82, 2.24) is 0 Å². The van der Waals surface area contributed by atoms with Crippen molar-refractivity contribution in [2.24, 2.45) is 16.8 Å². The third-order valence-electron chi connectivity index (χ3n) is 3.43. The second kappa shape index (κ2) is 4.29. The van der Waals surface area contributed by atoms with Gasteiger partial charge in [-0.3, -0.25) is 9.79 Å². The van der Waals surface area contributed by atoms with E-state index in [4.69, 9.17) is 9.84 Å². The van der Waals surface area contributed by atoms with Crippen LogP contribution in [-0.2, 0) is 4.79 Å². The number of ether oxygens (including phenoxy) is 1. The van der Waals surface area contributed by atoms with Crippen molar-refractivity contribution in [1.29, 1.82) is 0 Å². The van der Waals surface area contributed by atoms with Gasteiger partial charge in [0.25, 0.3) is 0 Å². The summed E-state index contributed by atoms with van der Waals surface area (Å²) in [6, 6.07) is 7.72. The monoisotopic (exact) mass is 243 g/mol. The average molecular weight is 243 g/mol. The van der Waals surface area contributed by atoms with Gasteiger partial charge in [0.1, 0.15) is 5.75 Å². The van der Waals surface area contributed by atoms with Gasteiger partial charge in [-0.05, 0) is 18.6 Å². The Labute approximate surface area is 105 Å². The molecule has 0 saturated heterocycles. The van der Waals surface area contributed by atoms with Gasteiger partial charge >= 0.3 is 5.97 Å². The van der Waals surface area contributed by atoms with Crippen LogP contribution in [0, 0.1) is 11.8 Å². The van der Waals surface area contributed by atoms with Crippen LogP contribution in [0.5, 0.6) is 5.75 Å². The smallest absolute Gasteiger partial charge is 0.311 e. The van der Waals surface area contributed by atoms with Crippen molar-refractivity contribution in [2.45, 2.75) is 12.5 Å². The van der Waals surface area contributed by atoms with Gasteiger partial charge in [0.05, 0.1) is 18.2 Å². The molecule has 18 heavy (non-hydrogen) atoms. The Morgan fingerprint density at radius 3 is 3.06 bits per heavy atom. The number of fused-ring (bicyclic) bond motifs is 3. The van der Waals surface area contributed by atoms with Gasteiger partial charge in [-0.1, -0.05) is 18.2 Å². The summed E-state index contributed by atoms with van der Waals surface area (Å²) in [6.07, 6.45) is 5.68. The molecule has 4 heteroatoms. The lowest BCUT2D eigenvalue weighted by Gasteiger charge is -2.26. The lowest BCUT2D eigenvalue weighted by atomic mass is 9.83. The van der Waals surface area contributed by atoms with Crippen LogP contribution in [0.25, 0.3) is 0 Å². The van der Waals surface area contributed by atoms with E-state index in [2.05, 4.69) is 4.99 Å². The van der Waals surface area contributed by atoms with E-state index in [0.29, 0.717) is 6.42 Å². The third kappa shape index (κ3) is 1.79. The Balaban J connectivity index is 2.01. The van der Waals surface area contributed by atoms with Crippen molar-refractivity contribution in [3.8, 4) is 5.75 Å². The van der Waals surface area contributed by atoms with Crippen molar-refractivity contribution >= 4 is 12.2 Å². The van der Waals surface area contributed by atoms with Crippen molar-refractivity contribution in [2.75, 3.05) is 0 Å². The summed E-state index contributed by atoms with van der Waals surface area (Å²) >= 11 is 0. The van der Waals surface area contributed by atoms with Gasteiger partial charge in [0, 0.05) is 17.7 Å². The molecule has 0 spiro atoms. The number of hydrogen-bond donors (Lipinski definition) is 1. The molecular weight excluding hydrogens is 230 g/mol. The highest BCUT2D eigenvalue weighted by molar-refractivity contribution is 5.89. The minimum atomic E-state index is -0.816. The minimum Gasteiger partial charge on any atom is -0.481 e. The number of rotatable bonds is 1. The Kier molecular flexibility index (Phi) is 2.63. The Bertz CT molecular complexity index is 536. The molecular formula is C14H13NO3. The molecule has 1 aromatic rings. The predicted octanol–water partition coefficient (Wildman–Crippen LogP) is 2.43. The molecule has 3 atom stereocenters. The normalized spacial score (nSPS) is 28.8. The average Bonchev–Trinajstić information content (AvgIpc) is 2.57. The zero-order chi connectivity index (χ0) is 12.5. The lowest BCUT2D eigenvalue weighted by molar-refractivity contribution is -0.139. The van der Waals surface area contributed by atoms with E-state index < -0.39 is 11.9 Å². The van der Waals surface area contributed by atoms with Crippen LogP contribution >= 0.6 is 0 Å². The first-order valence-corrected chi connectivity index (χ1v) is 5.94. The molecule has 1 aromatic carbocycles. The molecule has 1 N–H and O–H groups in total. The van der Waals surface area contributed by atoms with Gasteiger partial charge in [-0.2, -0.15) is 0 Å². The maximum atomic E-state index is 11.0. The topological polar surface area (TPSA) is 58.9 Å². The summed E-state index contributed by atoms with van der Waals surface area (Å²) in [7, 11) is 0. The van der Waals surface area contributed by atoms with E-state index in [1.807, 2.05) is 30.3 Å². The van der Waals surface area contributed by atoms with Crippen LogP contribution in [0.1, 0.15) is 18.0 Å². The molecule has 0 saturated carbocycles. The number of aliphatic imine (C=N–C) groups is 1. The quantitative estimate of drug-likeness (QED) is 0.824. The molecule has 0 aromatic heterocycles. The largest absolute Gasteiger partial charge is 0.481 e. The number of hydrogen-bond acceptors (Lipinski definition) is 3. The molecule has 0 aliphatic carbocycles. The lowest BCUT2D eigenvalue weighted by Crippen LogP contribution is -2.25. The number of aliphatic carboxylic acids is 1. The maximum Gasteiger partial charge on any atom is 0.311 e. The van der Waals surface area contributed by atoms with Crippen LogP contribution in [-0.4, -0.2) is 17.3 Å². The highest BCUT2D eigenvalue weighted by atomic mass is 16.5. The number of carboxylic acids is 1. The van der Waals surface area contributed by atoms with Crippen LogP contribution in [0.2, 0.25) is 0 Å². The molecule has 0 radical (unpaired) electrons. The number of benzene rings is 1. The van der Waals surface area contributed by atoms with Gasteiger partial charge in [-0.15, -0.1) is 0 Å². The van der Waals surface area contributed by atoms with Crippen molar-refractivity contribution in [3.05, 3.63) is 42.2 Å². The van der Waals surface area contributed by atoms with Gasteiger partial charge < -0.3 is 9.84 Å². The molecule has 2 heterocycles. The van der Waals surface area contributed by atoms with Crippen LogP contribution < -0.4 is 4.74 Å². The molecule has 4 nitrogen and oxygen atoms in total. The Hall–Kier alpha value is -2.10. The van der Waals surface area contributed by atoms with Crippen molar-refractivity contribution in [3.63, 3.8) is 0 Å². The van der Waals surface area contributed by atoms with E-state index in [1.165, 1.54) is 0 Å². The van der Waals surface area contributed by atoms with E-state index in [9.17, 15) is 4.79 Å². The first-order chi connectivity index (χ1) is 8.75. The van der Waals surface area contributed by atoms with Gasteiger partial charge in [-0.25, -0.2) is 0 Å². The van der Waals surface area contributed by atoms with E-state index in [1.54, 1.807) is 12.5 Å². The summed E-state index contributed by atoms with van der Waals surface area (Å²) in [5.41, 5.74) is 1.02. The second-order valence-electron chi connectivity index (χ2n) is 4.57. The molecule has 2 aliphatic rings. The molecule has 0 fully saturated rings. The summed E-state index contributed by atoms with van der Waals surface area (Å²) in [4.78, 5) is 15.4. The number of para-hydroxylation sites is 1. The van der Waals surface area contributed by atoms with Gasteiger partial charge in [0.15, 0.2) is 0 Å². The standard InChI is InChI=1S/C14H13NO3/c16-14(17)10-7-9-5-6-18-12-4-2-1-3-11(12)13(9)15-8-10/h1-6,8-10,13H,7H2,(H,16,17). The molecule has 2 aliphatic heterocycles. The van der Waals surface area contributed by atoms with Crippen molar-refractivity contribution < 1.29 is 14.6 Å². The van der Waals surface area contributed by atoms with E-state index in [-0.39, 0.29) is 12.0 Å². The summed E-state index contributed by atoms with van der Waals surface area (Å²) in [5, 5.41) is 9.05. The Morgan fingerprint density at radius 2 is 2.22 bits per heavy atom. The molecule has 0 amide bonds. The van der Waals surface area contributed by atoms with E-state index >= 15 is 0 Å². The summed E-state index contributed by atoms with van der Waals surface area (Å²) in [6.45, 7) is 0. The Morgan fingerprint density at radius 1 is 1.39 bits per heavy atom. The minimum absolute atomic E-state index is 0.0319. The second-order valence-corrected chi connectivity index (χ2v) is 4.57. The number of carboxylic acid groups (broad SMARTS) is 1. The predicted molar refractivity (Wildman–Crippen MR) is 66.7 cm³/mol. The van der Waals surface area contributed by atoms with Crippen LogP contribution in [0.4, 0.5) is 0 Å². The fourth-order valence-electron chi connectivity index (χ4n) is 2.50. The van der Waals surface area contributed by atoms with Crippen LogP contribution in [0.15, 0.2) is 41.6 Å². The zero-order valence-corrected chi connectivity index (χ0v) is 9.69. The fourth-order valence-corrected chi connectivity index (χ4v) is 2.50.